The number of aromatic amines is 1. The molecule has 2 aromatic rings. The zero-order valence-electron chi connectivity index (χ0n) is 16.6. The molecule has 0 saturated heterocycles. The molecule has 0 aromatic carbocycles. The Morgan fingerprint density at radius 2 is 2.04 bits per heavy atom. The van der Waals surface area contributed by atoms with Crippen LogP contribution in [0.25, 0.3) is 11.3 Å². The van der Waals surface area contributed by atoms with E-state index in [4.69, 9.17) is 4.52 Å². The third-order valence-electron chi connectivity index (χ3n) is 5.07. The van der Waals surface area contributed by atoms with E-state index in [2.05, 4.69) is 53.2 Å². The van der Waals surface area contributed by atoms with E-state index in [1.807, 2.05) is 13.8 Å². The van der Waals surface area contributed by atoms with Crippen molar-refractivity contribution >= 4 is 0 Å². The lowest BCUT2D eigenvalue weighted by Gasteiger charge is -2.26. The predicted octanol–water partition coefficient (Wildman–Crippen LogP) is 4.73. The molecule has 3 rings (SSSR count). The maximum Gasteiger partial charge on any atom is 0.143 e. The normalized spacial score (nSPS) is 15.2. The predicted molar refractivity (Wildman–Crippen MR) is 105 cm³/mol. The zero-order valence-corrected chi connectivity index (χ0v) is 16.6. The van der Waals surface area contributed by atoms with E-state index in [0.717, 1.165) is 61.6 Å². The Bertz CT molecular complexity index is 802. The van der Waals surface area contributed by atoms with Crippen LogP contribution in [0.4, 0.5) is 0 Å². The minimum atomic E-state index is 0.837. The van der Waals surface area contributed by atoms with Gasteiger partial charge >= 0.3 is 0 Å². The Morgan fingerprint density at radius 1 is 1.23 bits per heavy atom. The second-order valence-electron chi connectivity index (χ2n) is 7.58. The standard InChI is InChI=1S/C21H30N4O/c1-14(2)7-6-8-15(3)9-11-25-12-10-19-18(13-25)21(23-22-19)20-16(4)24-26-17(20)5/h7,9H,6,8,10-13H2,1-5H3,(H,22,23). The molecule has 5 heteroatoms. The van der Waals surface area contributed by atoms with Crippen LogP contribution in [0.2, 0.25) is 0 Å². The van der Waals surface area contributed by atoms with Gasteiger partial charge in [0.25, 0.3) is 0 Å². The van der Waals surface area contributed by atoms with Crippen molar-refractivity contribution < 1.29 is 4.52 Å². The molecule has 26 heavy (non-hydrogen) atoms. The lowest BCUT2D eigenvalue weighted by atomic mass is 10.00. The molecule has 0 unspecified atom stereocenters. The van der Waals surface area contributed by atoms with Crippen LogP contribution < -0.4 is 0 Å². The van der Waals surface area contributed by atoms with Gasteiger partial charge in [-0.3, -0.25) is 10.00 Å². The van der Waals surface area contributed by atoms with Gasteiger partial charge in [0.05, 0.1) is 11.3 Å². The van der Waals surface area contributed by atoms with E-state index in [0.29, 0.717) is 0 Å². The van der Waals surface area contributed by atoms with Gasteiger partial charge in [0, 0.05) is 37.3 Å². The van der Waals surface area contributed by atoms with E-state index >= 15 is 0 Å². The van der Waals surface area contributed by atoms with E-state index in [1.165, 1.54) is 22.4 Å². The number of nitrogens with one attached hydrogen (secondary N) is 1. The molecule has 2 aromatic heterocycles. The lowest BCUT2D eigenvalue weighted by Crippen LogP contribution is -2.30. The smallest absolute Gasteiger partial charge is 0.143 e. The van der Waals surface area contributed by atoms with Crippen LogP contribution in [0, 0.1) is 13.8 Å². The summed E-state index contributed by atoms with van der Waals surface area (Å²) in [5, 5.41) is 11.9. The molecule has 0 spiro atoms. The molecule has 1 N–H and O–H groups in total. The summed E-state index contributed by atoms with van der Waals surface area (Å²) in [6.07, 6.45) is 7.97. The monoisotopic (exact) mass is 354 g/mol. The first-order valence-corrected chi connectivity index (χ1v) is 9.46. The molecule has 0 atom stereocenters. The first-order valence-electron chi connectivity index (χ1n) is 9.46. The number of H-pyrrole nitrogens is 1. The van der Waals surface area contributed by atoms with Crippen LogP contribution >= 0.6 is 0 Å². The highest BCUT2D eigenvalue weighted by atomic mass is 16.5. The largest absolute Gasteiger partial charge is 0.361 e. The first-order chi connectivity index (χ1) is 12.5. The number of nitrogens with zero attached hydrogens (tertiary/aromatic N) is 3. The van der Waals surface area contributed by atoms with Crippen LogP contribution in [-0.2, 0) is 13.0 Å². The van der Waals surface area contributed by atoms with Crippen LogP contribution in [0.15, 0.2) is 27.8 Å². The molecule has 0 amide bonds. The van der Waals surface area contributed by atoms with Crippen molar-refractivity contribution in [1.82, 2.24) is 20.3 Å². The molecule has 5 nitrogen and oxygen atoms in total. The number of allylic oxidation sites excluding steroid dienone is 3. The minimum Gasteiger partial charge on any atom is -0.361 e. The summed E-state index contributed by atoms with van der Waals surface area (Å²) in [4.78, 5) is 2.49. The highest BCUT2D eigenvalue weighted by molar-refractivity contribution is 5.68. The van der Waals surface area contributed by atoms with E-state index < -0.39 is 0 Å². The molecular formula is C21H30N4O. The fourth-order valence-corrected chi connectivity index (χ4v) is 3.51. The Labute approximate surface area is 156 Å². The molecule has 140 valence electrons. The third kappa shape index (κ3) is 4.15. The number of hydrogen-bond acceptors (Lipinski definition) is 4. The summed E-state index contributed by atoms with van der Waals surface area (Å²) in [5.74, 6) is 0.837. The van der Waals surface area contributed by atoms with Crippen molar-refractivity contribution in [3.8, 4) is 11.3 Å². The van der Waals surface area contributed by atoms with Gasteiger partial charge in [-0.1, -0.05) is 28.5 Å². The van der Waals surface area contributed by atoms with Crippen LogP contribution in [0.3, 0.4) is 0 Å². The molecule has 0 saturated carbocycles. The number of rotatable bonds is 6. The summed E-state index contributed by atoms with van der Waals surface area (Å²) >= 11 is 0. The fourth-order valence-electron chi connectivity index (χ4n) is 3.51. The SMILES string of the molecule is CC(C)=CCCC(C)=CCN1CCc2[nH]nc(-c3c(C)noc3C)c2C1. The highest BCUT2D eigenvalue weighted by Gasteiger charge is 2.25. The summed E-state index contributed by atoms with van der Waals surface area (Å²) in [6.45, 7) is 13.5. The molecule has 0 radical (unpaired) electrons. The molecule has 1 aliphatic rings. The number of hydrogen-bond donors (Lipinski definition) is 1. The Kier molecular flexibility index (Phi) is 5.77. The minimum absolute atomic E-state index is 0.837. The molecular weight excluding hydrogens is 324 g/mol. The van der Waals surface area contributed by atoms with Gasteiger partial charge in [-0.05, 0) is 47.5 Å². The van der Waals surface area contributed by atoms with E-state index in [1.54, 1.807) is 0 Å². The van der Waals surface area contributed by atoms with Gasteiger partial charge in [0.2, 0.25) is 0 Å². The average Bonchev–Trinajstić information content (AvgIpc) is 3.15. The quantitative estimate of drug-likeness (QED) is 0.762. The summed E-state index contributed by atoms with van der Waals surface area (Å²) in [7, 11) is 0. The molecule has 0 fully saturated rings. The van der Waals surface area contributed by atoms with Crippen LogP contribution in [0.1, 0.15) is 56.3 Å². The summed E-state index contributed by atoms with van der Waals surface area (Å²) in [5.41, 5.74) is 8.35. The third-order valence-corrected chi connectivity index (χ3v) is 5.07. The van der Waals surface area contributed by atoms with E-state index in [-0.39, 0.29) is 0 Å². The number of aryl methyl sites for hydroxylation is 2. The zero-order chi connectivity index (χ0) is 18.7. The van der Waals surface area contributed by atoms with Gasteiger partial charge in [-0.25, -0.2) is 0 Å². The van der Waals surface area contributed by atoms with E-state index in [9.17, 15) is 0 Å². The van der Waals surface area contributed by atoms with Crippen molar-refractivity contribution in [1.29, 1.82) is 0 Å². The second kappa shape index (κ2) is 8.04. The highest BCUT2D eigenvalue weighted by Crippen LogP contribution is 2.32. The fraction of sp³-hybridized carbons (Fsp3) is 0.524. The number of aromatic nitrogens is 3. The Morgan fingerprint density at radius 3 is 2.73 bits per heavy atom. The summed E-state index contributed by atoms with van der Waals surface area (Å²) < 4.78 is 5.34. The Balaban J connectivity index is 1.68. The average molecular weight is 354 g/mol. The van der Waals surface area contributed by atoms with Gasteiger partial charge in [-0.2, -0.15) is 5.10 Å². The van der Waals surface area contributed by atoms with Crippen molar-refractivity contribution in [3.63, 3.8) is 0 Å². The van der Waals surface area contributed by atoms with Crippen molar-refractivity contribution in [3.05, 3.63) is 46.0 Å². The maximum absolute atomic E-state index is 5.34. The maximum atomic E-state index is 5.34. The lowest BCUT2D eigenvalue weighted by molar-refractivity contribution is 0.280. The van der Waals surface area contributed by atoms with Crippen LogP contribution in [-0.4, -0.2) is 33.3 Å². The first kappa shape index (κ1) is 18.6. The number of fused-ring (bicyclic) bond motifs is 1. The van der Waals surface area contributed by atoms with Gasteiger partial charge < -0.3 is 4.52 Å². The molecule has 3 heterocycles. The summed E-state index contributed by atoms with van der Waals surface area (Å²) in [6, 6.07) is 0. The van der Waals surface area contributed by atoms with Crippen LogP contribution in [0.5, 0.6) is 0 Å². The topological polar surface area (TPSA) is 58.0 Å². The van der Waals surface area contributed by atoms with Crippen molar-refractivity contribution in [2.45, 2.75) is 60.4 Å². The molecule has 0 aliphatic carbocycles. The molecule has 1 aliphatic heterocycles. The second-order valence-corrected chi connectivity index (χ2v) is 7.58. The van der Waals surface area contributed by atoms with Gasteiger partial charge in [0.15, 0.2) is 0 Å². The van der Waals surface area contributed by atoms with Crippen molar-refractivity contribution in [2.24, 2.45) is 0 Å². The van der Waals surface area contributed by atoms with Crippen molar-refractivity contribution in [2.75, 3.05) is 13.1 Å². The Hall–Kier alpha value is -2.14. The molecule has 0 bridgehead atoms. The van der Waals surface area contributed by atoms with Gasteiger partial charge in [-0.15, -0.1) is 0 Å². The van der Waals surface area contributed by atoms with Gasteiger partial charge in [0.1, 0.15) is 11.5 Å².